The number of piperidine rings is 1. The first-order chi connectivity index (χ1) is 8.18. The maximum Gasteiger partial charge on any atom is 0.214 e. The predicted octanol–water partition coefficient (Wildman–Crippen LogP) is 1.24. The van der Waals surface area contributed by atoms with E-state index in [1.54, 1.807) is 0 Å². The summed E-state index contributed by atoms with van der Waals surface area (Å²) in [6.07, 6.45) is 7.26. The highest BCUT2D eigenvalue weighted by atomic mass is 32.2. The van der Waals surface area contributed by atoms with E-state index in [9.17, 15) is 8.42 Å². The molecule has 1 heterocycles. The molecule has 1 unspecified atom stereocenters. The number of rotatable bonds is 5. The molecule has 4 nitrogen and oxygen atoms in total. The topological polar surface area (TPSA) is 58.2 Å². The molecule has 0 aromatic heterocycles. The van der Waals surface area contributed by atoms with E-state index >= 15 is 0 Å². The van der Waals surface area contributed by atoms with E-state index in [1.165, 1.54) is 12.8 Å². The Hall–Kier alpha value is -0.130. The lowest BCUT2D eigenvalue weighted by Gasteiger charge is -2.23. The zero-order chi connectivity index (χ0) is 12.1. The molecule has 1 aliphatic heterocycles. The van der Waals surface area contributed by atoms with E-state index in [0.717, 1.165) is 45.2 Å². The summed E-state index contributed by atoms with van der Waals surface area (Å²) in [7, 11) is -3.03. The van der Waals surface area contributed by atoms with Crippen molar-refractivity contribution in [2.45, 2.75) is 50.2 Å². The molecule has 0 spiro atoms. The highest BCUT2D eigenvalue weighted by Crippen LogP contribution is 2.24. The molecule has 2 rings (SSSR count). The van der Waals surface area contributed by atoms with Crippen molar-refractivity contribution in [3.8, 4) is 0 Å². The summed E-state index contributed by atoms with van der Waals surface area (Å²) >= 11 is 0. The molecule has 17 heavy (non-hydrogen) atoms. The average Bonchev–Trinajstić information content (AvgIpc) is 2.84. The molecule has 1 aliphatic carbocycles. The van der Waals surface area contributed by atoms with Crippen molar-refractivity contribution in [1.82, 2.24) is 10.0 Å². The highest BCUT2D eigenvalue weighted by Gasteiger charge is 2.28. The Bertz CT molecular complexity index is 317. The van der Waals surface area contributed by atoms with E-state index in [4.69, 9.17) is 0 Å². The number of hydrogen-bond donors (Lipinski definition) is 2. The van der Waals surface area contributed by atoms with Gasteiger partial charge >= 0.3 is 0 Å². The molecule has 2 fully saturated rings. The molecular weight excluding hydrogens is 236 g/mol. The largest absolute Gasteiger partial charge is 0.316 e. The van der Waals surface area contributed by atoms with Gasteiger partial charge in [-0.15, -0.1) is 0 Å². The first kappa shape index (κ1) is 13.3. The van der Waals surface area contributed by atoms with Crippen molar-refractivity contribution in [2.75, 3.05) is 19.6 Å². The third-order valence-electron chi connectivity index (χ3n) is 4.00. The lowest BCUT2D eigenvalue weighted by molar-refractivity contribution is 0.358. The Kier molecular flexibility index (Phi) is 4.82. The van der Waals surface area contributed by atoms with Gasteiger partial charge in [-0.1, -0.05) is 12.8 Å². The molecular formula is C12H24N2O2S. The van der Waals surface area contributed by atoms with Crippen LogP contribution in [0.1, 0.15) is 44.9 Å². The Morgan fingerprint density at radius 2 is 1.88 bits per heavy atom. The van der Waals surface area contributed by atoms with E-state index in [1.807, 2.05) is 0 Å². The Morgan fingerprint density at radius 1 is 1.12 bits per heavy atom. The second kappa shape index (κ2) is 6.16. The molecule has 0 aromatic rings. The molecule has 1 saturated carbocycles. The van der Waals surface area contributed by atoms with Gasteiger partial charge in [-0.2, -0.15) is 0 Å². The first-order valence-electron chi connectivity index (χ1n) is 6.88. The van der Waals surface area contributed by atoms with Crippen LogP contribution in [-0.4, -0.2) is 33.3 Å². The van der Waals surface area contributed by atoms with Gasteiger partial charge in [-0.3, -0.25) is 0 Å². The van der Waals surface area contributed by atoms with Gasteiger partial charge in [0.1, 0.15) is 0 Å². The molecule has 0 radical (unpaired) electrons. The van der Waals surface area contributed by atoms with E-state index < -0.39 is 10.0 Å². The molecule has 5 heteroatoms. The smallest absolute Gasteiger partial charge is 0.214 e. The van der Waals surface area contributed by atoms with Crippen LogP contribution < -0.4 is 10.0 Å². The second-order valence-corrected chi connectivity index (χ2v) is 7.39. The van der Waals surface area contributed by atoms with Crippen LogP contribution in [0.4, 0.5) is 0 Å². The van der Waals surface area contributed by atoms with Crippen LogP contribution in [-0.2, 0) is 10.0 Å². The fourth-order valence-electron chi connectivity index (χ4n) is 2.89. The minimum atomic E-state index is -3.03. The summed E-state index contributed by atoms with van der Waals surface area (Å²) in [5.41, 5.74) is 0. The minimum Gasteiger partial charge on any atom is -0.316 e. The standard InChI is InChI=1S/C12H24N2O2S/c15-17(16,12-5-1-2-6-12)14-9-7-11-4-3-8-13-10-11/h11-14H,1-10H2. The number of sulfonamides is 1. The average molecular weight is 260 g/mol. The number of nitrogens with one attached hydrogen (secondary N) is 2. The quantitative estimate of drug-likeness (QED) is 0.782. The fraction of sp³-hybridized carbons (Fsp3) is 1.00. The molecule has 0 aromatic carbocycles. The van der Waals surface area contributed by atoms with Crippen molar-refractivity contribution in [3.63, 3.8) is 0 Å². The van der Waals surface area contributed by atoms with Gasteiger partial charge in [-0.25, -0.2) is 13.1 Å². The third kappa shape index (κ3) is 3.93. The normalized spacial score (nSPS) is 27.4. The molecule has 1 saturated heterocycles. The maximum absolute atomic E-state index is 11.9. The molecule has 0 amide bonds. The lowest BCUT2D eigenvalue weighted by Crippen LogP contribution is -2.36. The number of hydrogen-bond acceptors (Lipinski definition) is 3. The van der Waals surface area contributed by atoms with E-state index in [0.29, 0.717) is 12.5 Å². The van der Waals surface area contributed by atoms with Crippen molar-refractivity contribution >= 4 is 10.0 Å². The Labute approximate surface area is 105 Å². The highest BCUT2D eigenvalue weighted by molar-refractivity contribution is 7.90. The molecule has 0 bridgehead atoms. The fourth-order valence-corrected chi connectivity index (χ4v) is 4.48. The molecule has 1 atom stereocenters. The summed E-state index contributed by atoms with van der Waals surface area (Å²) in [6.45, 7) is 2.78. The third-order valence-corrected chi connectivity index (χ3v) is 5.95. The van der Waals surface area contributed by atoms with Crippen LogP contribution in [0.3, 0.4) is 0 Å². The van der Waals surface area contributed by atoms with Gasteiger partial charge in [0.05, 0.1) is 5.25 Å². The van der Waals surface area contributed by atoms with Gasteiger partial charge in [0, 0.05) is 6.54 Å². The molecule has 2 N–H and O–H groups in total. The van der Waals surface area contributed by atoms with Crippen LogP contribution >= 0.6 is 0 Å². The van der Waals surface area contributed by atoms with Crippen molar-refractivity contribution in [2.24, 2.45) is 5.92 Å². The van der Waals surface area contributed by atoms with Crippen molar-refractivity contribution in [1.29, 1.82) is 0 Å². The summed E-state index contributed by atoms with van der Waals surface area (Å²) in [5, 5.41) is 3.24. The molecule has 100 valence electrons. The first-order valence-corrected chi connectivity index (χ1v) is 8.42. The van der Waals surface area contributed by atoms with Crippen molar-refractivity contribution in [3.05, 3.63) is 0 Å². The SMILES string of the molecule is O=S(=O)(NCCC1CCCNC1)C1CCCC1. The van der Waals surface area contributed by atoms with Crippen molar-refractivity contribution < 1.29 is 8.42 Å². The molecule has 2 aliphatic rings. The maximum atomic E-state index is 11.9. The summed E-state index contributed by atoms with van der Waals surface area (Å²) in [4.78, 5) is 0. The van der Waals surface area contributed by atoms with Gasteiger partial charge in [0.25, 0.3) is 0 Å². The summed E-state index contributed by atoms with van der Waals surface area (Å²) < 4.78 is 26.7. The van der Waals surface area contributed by atoms with E-state index in [2.05, 4.69) is 10.0 Å². The van der Waals surface area contributed by atoms with Crippen LogP contribution in [0.2, 0.25) is 0 Å². The van der Waals surface area contributed by atoms with Crippen LogP contribution in [0.5, 0.6) is 0 Å². The predicted molar refractivity (Wildman–Crippen MR) is 69.4 cm³/mol. The second-order valence-electron chi connectivity index (χ2n) is 5.35. The summed E-state index contributed by atoms with van der Waals surface area (Å²) in [5.74, 6) is 0.648. The van der Waals surface area contributed by atoms with Crippen LogP contribution in [0, 0.1) is 5.92 Å². The lowest BCUT2D eigenvalue weighted by atomic mass is 9.96. The van der Waals surface area contributed by atoms with Gasteiger partial charge in [0.15, 0.2) is 0 Å². The Balaban J connectivity index is 1.69. The minimum absolute atomic E-state index is 0.119. The Morgan fingerprint density at radius 3 is 2.53 bits per heavy atom. The van der Waals surface area contributed by atoms with Crippen LogP contribution in [0.15, 0.2) is 0 Å². The van der Waals surface area contributed by atoms with Crippen LogP contribution in [0.25, 0.3) is 0 Å². The zero-order valence-electron chi connectivity index (χ0n) is 10.5. The monoisotopic (exact) mass is 260 g/mol. The van der Waals surface area contributed by atoms with E-state index in [-0.39, 0.29) is 5.25 Å². The van der Waals surface area contributed by atoms with Gasteiger partial charge < -0.3 is 5.32 Å². The van der Waals surface area contributed by atoms with Gasteiger partial charge in [0.2, 0.25) is 10.0 Å². The zero-order valence-corrected chi connectivity index (χ0v) is 11.3. The van der Waals surface area contributed by atoms with Gasteiger partial charge in [-0.05, 0) is 51.1 Å². The summed E-state index contributed by atoms with van der Waals surface area (Å²) in [6, 6.07) is 0.